The molecule has 3 heterocycles. The maximum Gasteiger partial charge on any atom is 0.174 e. The molecule has 2 aromatic carbocycles. The summed E-state index contributed by atoms with van der Waals surface area (Å²) in [6.45, 7) is 0.858. The Morgan fingerprint density at radius 2 is 1.86 bits per heavy atom. The average Bonchev–Trinajstić information content (AvgIpc) is 3.50. The molecule has 0 aliphatic carbocycles. The Labute approximate surface area is 235 Å². The number of nitrogens with zero attached hydrogens (tertiary/aromatic N) is 2. The fourth-order valence-electron chi connectivity index (χ4n) is 4.26. The predicted octanol–water partition coefficient (Wildman–Crippen LogP) is 7.50. The van der Waals surface area contributed by atoms with E-state index < -0.39 is 0 Å². The van der Waals surface area contributed by atoms with Crippen LogP contribution in [0, 0.1) is 0 Å². The van der Waals surface area contributed by atoms with Gasteiger partial charge in [0.25, 0.3) is 0 Å². The van der Waals surface area contributed by atoms with Crippen LogP contribution in [0.5, 0.6) is 5.75 Å². The van der Waals surface area contributed by atoms with Crippen LogP contribution in [0.3, 0.4) is 0 Å². The molecule has 0 spiro atoms. The van der Waals surface area contributed by atoms with Crippen LogP contribution >= 0.6 is 47.0 Å². The van der Waals surface area contributed by atoms with Crippen molar-refractivity contribution in [3.63, 3.8) is 0 Å². The van der Waals surface area contributed by atoms with Gasteiger partial charge in [0.05, 0.1) is 28.4 Å². The highest BCUT2D eigenvalue weighted by molar-refractivity contribution is 7.80. The van der Waals surface area contributed by atoms with Gasteiger partial charge in [-0.3, -0.25) is 4.98 Å². The van der Waals surface area contributed by atoms with Crippen molar-refractivity contribution in [1.29, 1.82) is 0 Å². The molecule has 1 saturated heterocycles. The second-order valence-electron chi connectivity index (χ2n) is 8.28. The van der Waals surface area contributed by atoms with Crippen molar-refractivity contribution < 1.29 is 13.9 Å². The topological polar surface area (TPSA) is 59.8 Å². The minimum Gasteiger partial charge on any atom is -0.490 e. The van der Waals surface area contributed by atoms with Crippen LogP contribution in [0.4, 0.5) is 5.69 Å². The quantitative estimate of drug-likeness (QED) is 0.173. The summed E-state index contributed by atoms with van der Waals surface area (Å²) in [6, 6.07) is 19.8. The van der Waals surface area contributed by atoms with E-state index in [2.05, 4.69) is 10.3 Å². The minimum atomic E-state index is -0.349. The number of pyridine rings is 1. The summed E-state index contributed by atoms with van der Waals surface area (Å²) in [5, 5.41) is 5.45. The lowest BCUT2D eigenvalue weighted by Crippen LogP contribution is -2.29. The Kier molecular flexibility index (Phi) is 7.88. The highest BCUT2D eigenvalue weighted by Crippen LogP contribution is 2.44. The normalized spacial score (nSPS) is 17.2. The molecule has 4 aromatic rings. The van der Waals surface area contributed by atoms with Crippen LogP contribution < -0.4 is 15.0 Å². The first kappa shape index (κ1) is 25.8. The highest BCUT2D eigenvalue weighted by Gasteiger charge is 2.42. The highest BCUT2D eigenvalue weighted by atomic mass is 35.5. The molecule has 0 amide bonds. The van der Waals surface area contributed by atoms with E-state index in [1.165, 1.54) is 0 Å². The second kappa shape index (κ2) is 11.3. The minimum absolute atomic E-state index is 0.273. The molecule has 2 unspecified atom stereocenters. The maximum absolute atomic E-state index is 6.58. The molecule has 2 aromatic heterocycles. The number of hydrogen-bond donors (Lipinski definition) is 1. The molecule has 1 aliphatic rings. The van der Waals surface area contributed by atoms with E-state index in [0.717, 1.165) is 16.9 Å². The largest absolute Gasteiger partial charge is 0.490 e. The zero-order chi connectivity index (χ0) is 25.9. The van der Waals surface area contributed by atoms with Crippen molar-refractivity contribution in [1.82, 2.24) is 10.3 Å². The van der Waals surface area contributed by atoms with Crippen molar-refractivity contribution in [2.45, 2.75) is 12.1 Å². The average molecular weight is 575 g/mol. The second-order valence-corrected chi connectivity index (χ2v) is 9.92. The number of benzene rings is 2. The van der Waals surface area contributed by atoms with Crippen molar-refractivity contribution in [3.05, 3.63) is 99.4 Å². The van der Waals surface area contributed by atoms with E-state index >= 15 is 0 Å². The SMILES string of the molecule is COCCOc1ccc(N2C(=S)NC(c3ccccn3)C2c2ccc(-c3ccc(Cl)cc3Cl)o2)cc1Cl. The van der Waals surface area contributed by atoms with Gasteiger partial charge in [-0.15, -0.1) is 0 Å². The number of ether oxygens (including phenoxy) is 2. The van der Waals surface area contributed by atoms with Crippen LogP contribution in [0.2, 0.25) is 15.1 Å². The van der Waals surface area contributed by atoms with E-state index in [1.54, 1.807) is 25.4 Å². The molecule has 1 aliphatic heterocycles. The maximum atomic E-state index is 6.58. The summed E-state index contributed by atoms with van der Waals surface area (Å²) in [6.07, 6.45) is 1.75. The monoisotopic (exact) mass is 573 g/mol. The molecular formula is C27H22Cl3N3O3S. The number of rotatable bonds is 8. The smallest absolute Gasteiger partial charge is 0.174 e. The Morgan fingerprint density at radius 3 is 2.59 bits per heavy atom. The van der Waals surface area contributed by atoms with Crippen LogP contribution in [0.15, 0.2) is 77.3 Å². The number of hydrogen-bond acceptors (Lipinski definition) is 5. The molecule has 37 heavy (non-hydrogen) atoms. The first-order valence-electron chi connectivity index (χ1n) is 11.4. The number of anilines is 1. The molecule has 0 saturated carbocycles. The molecule has 10 heteroatoms. The molecular weight excluding hydrogens is 553 g/mol. The van der Waals surface area contributed by atoms with Crippen molar-refractivity contribution in [3.8, 4) is 17.1 Å². The number of nitrogens with one attached hydrogen (secondary N) is 1. The summed E-state index contributed by atoms with van der Waals surface area (Å²) in [7, 11) is 1.62. The number of methoxy groups -OCH3 is 1. The van der Waals surface area contributed by atoms with Gasteiger partial charge in [-0.1, -0.05) is 40.9 Å². The Hall–Kier alpha value is -2.81. The Morgan fingerprint density at radius 1 is 1.00 bits per heavy atom. The van der Waals surface area contributed by atoms with Gasteiger partial charge in [0.1, 0.15) is 29.9 Å². The molecule has 0 radical (unpaired) electrons. The molecule has 190 valence electrons. The Balaban J connectivity index is 1.54. The number of aromatic nitrogens is 1. The lowest BCUT2D eigenvalue weighted by Gasteiger charge is -2.26. The van der Waals surface area contributed by atoms with E-state index in [-0.39, 0.29) is 12.1 Å². The summed E-state index contributed by atoms with van der Waals surface area (Å²) < 4.78 is 17.2. The van der Waals surface area contributed by atoms with E-state index in [0.29, 0.717) is 50.7 Å². The van der Waals surface area contributed by atoms with Crippen molar-refractivity contribution in [2.24, 2.45) is 0 Å². The molecule has 2 atom stereocenters. The Bertz CT molecular complexity index is 1420. The molecule has 5 rings (SSSR count). The van der Waals surface area contributed by atoms with Gasteiger partial charge in [-0.25, -0.2) is 0 Å². The lowest BCUT2D eigenvalue weighted by atomic mass is 10.0. The standard InChI is InChI=1S/C27H22Cl3N3O3S/c1-34-12-13-35-23-8-6-17(15-20(23)30)33-26(25(32-27(33)37)21-4-2-3-11-31-21)24-10-9-22(36-24)18-7-5-16(28)14-19(18)29/h2-11,14-15,25-26H,12-13H2,1H3,(H,32,37). The third-order valence-electron chi connectivity index (χ3n) is 5.95. The van der Waals surface area contributed by atoms with Crippen molar-refractivity contribution in [2.75, 3.05) is 25.2 Å². The molecule has 6 nitrogen and oxygen atoms in total. The van der Waals surface area contributed by atoms with Gasteiger partial charge in [-0.05, 0) is 72.9 Å². The third-order valence-corrected chi connectivity index (χ3v) is 7.11. The van der Waals surface area contributed by atoms with Crippen molar-refractivity contribution >= 4 is 57.8 Å². The lowest BCUT2D eigenvalue weighted by molar-refractivity contribution is 0.146. The van der Waals surface area contributed by atoms with Gasteiger partial charge in [-0.2, -0.15) is 0 Å². The predicted molar refractivity (Wildman–Crippen MR) is 151 cm³/mol. The third kappa shape index (κ3) is 5.42. The summed E-state index contributed by atoms with van der Waals surface area (Å²) in [5.74, 6) is 1.87. The van der Waals surface area contributed by atoms with Crippen LogP contribution in [0.1, 0.15) is 23.5 Å². The van der Waals surface area contributed by atoms with Crippen LogP contribution in [-0.2, 0) is 4.74 Å². The van der Waals surface area contributed by atoms with Gasteiger partial charge >= 0.3 is 0 Å². The van der Waals surface area contributed by atoms with Gasteiger partial charge in [0.15, 0.2) is 5.11 Å². The number of halogens is 3. The first-order chi connectivity index (χ1) is 18.0. The fraction of sp³-hybridized carbons (Fsp3) is 0.185. The van der Waals surface area contributed by atoms with Gasteiger partial charge in [0.2, 0.25) is 0 Å². The summed E-state index contributed by atoms with van der Waals surface area (Å²) in [5.41, 5.74) is 2.35. The van der Waals surface area contributed by atoms with E-state index in [9.17, 15) is 0 Å². The van der Waals surface area contributed by atoms with Gasteiger partial charge in [0, 0.05) is 29.6 Å². The molecule has 1 fully saturated rings. The van der Waals surface area contributed by atoms with Crippen LogP contribution in [-0.4, -0.2) is 30.4 Å². The summed E-state index contributed by atoms with van der Waals surface area (Å²) >= 11 is 24.9. The van der Waals surface area contributed by atoms with E-state index in [1.807, 2.05) is 59.5 Å². The number of thiocarbonyl (C=S) groups is 1. The fourth-order valence-corrected chi connectivity index (χ4v) is 5.34. The van der Waals surface area contributed by atoms with E-state index in [4.69, 9.17) is 60.9 Å². The van der Waals surface area contributed by atoms with Crippen LogP contribution in [0.25, 0.3) is 11.3 Å². The molecule has 1 N–H and O–H groups in total. The molecule has 0 bridgehead atoms. The first-order valence-corrected chi connectivity index (χ1v) is 13.0. The number of furan rings is 1. The zero-order valence-corrected chi connectivity index (χ0v) is 22.7. The zero-order valence-electron chi connectivity index (χ0n) is 19.7. The summed E-state index contributed by atoms with van der Waals surface area (Å²) in [4.78, 5) is 6.55. The van der Waals surface area contributed by atoms with Gasteiger partial charge < -0.3 is 24.1 Å².